The molecule has 0 aliphatic rings. The van der Waals surface area contributed by atoms with Gasteiger partial charge in [0.2, 0.25) is 0 Å². The molecule has 0 radical (unpaired) electrons. The molecule has 0 aliphatic carbocycles. The summed E-state index contributed by atoms with van der Waals surface area (Å²) in [7, 11) is 1.55. The minimum absolute atomic E-state index is 0.182. The van der Waals surface area contributed by atoms with Gasteiger partial charge < -0.3 is 14.2 Å². The third-order valence-electron chi connectivity index (χ3n) is 5.04. The second-order valence-electron chi connectivity index (χ2n) is 8.08. The van der Waals surface area contributed by atoms with Crippen molar-refractivity contribution in [2.45, 2.75) is 26.7 Å². The van der Waals surface area contributed by atoms with Gasteiger partial charge in [-0.15, -0.1) is 0 Å². The number of aryl methyl sites for hydroxylation is 1. The Labute approximate surface area is 213 Å². The number of benzene rings is 3. The quantitative estimate of drug-likeness (QED) is 0.165. The maximum Gasteiger partial charge on any atom is 0.343 e. The lowest BCUT2D eigenvalue weighted by molar-refractivity contribution is -0.123. The lowest BCUT2D eigenvalue weighted by Crippen LogP contribution is -2.25. The lowest BCUT2D eigenvalue weighted by atomic mass is 10.0. The van der Waals surface area contributed by atoms with Crippen LogP contribution in [-0.2, 0) is 4.79 Å². The second kappa shape index (κ2) is 12.2. The fourth-order valence-electron chi connectivity index (χ4n) is 3.19. The number of amides is 1. The first kappa shape index (κ1) is 26.0. The van der Waals surface area contributed by atoms with Crippen LogP contribution in [0.3, 0.4) is 0 Å². The molecule has 0 aliphatic heterocycles. The maximum absolute atomic E-state index is 12.5. The summed E-state index contributed by atoms with van der Waals surface area (Å²) in [5.74, 6) is 0.941. The SMILES string of the molecule is COc1ccc(C(=O)Oc2ccc(Br)cc2/C=N/NC(=O)COc2cc(C)ccc2C(C)C)cc1. The topological polar surface area (TPSA) is 86.2 Å². The first-order chi connectivity index (χ1) is 16.8. The predicted octanol–water partition coefficient (Wildman–Crippen LogP) is 5.64. The summed E-state index contributed by atoms with van der Waals surface area (Å²) < 4.78 is 17.1. The van der Waals surface area contributed by atoms with Gasteiger partial charge in [-0.1, -0.05) is 41.9 Å². The van der Waals surface area contributed by atoms with Gasteiger partial charge in [0, 0.05) is 10.0 Å². The summed E-state index contributed by atoms with van der Waals surface area (Å²) in [5, 5.41) is 4.00. The van der Waals surface area contributed by atoms with Gasteiger partial charge in [-0.05, 0) is 72.5 Å². The smallest absolute Gasteiger partial charge is 0.343 e. The Morgan fingerprint density at radius 2 is 1.77 bits per heavy atom. The molecule has 3 aromatic rings. The molecule has 0 saturated carbocycles. The van der Waals surface area contributed by atoms with Crippen molar-refractivity contribution in [1.29, 1.82) is 0 Å². The van der Waals surface area contributed by atoms with Crippen molar-refractivity contribution in [3.63, 3.8) is 0 Å². The Morgan fingerprint density at radius 1 is 1.03 bits per heavy atom. The van der Waals surface area contributed by atoms with Gasteiger partial charge in [0.25, 0.3) is 5.91 Å². The largest absolute Gasteiger partial charge is 0.497 e. The summed E-state index contributed by atoms with van der Waals surface area (Å²) in [6, 6.07) is 17.6. The van der Waals surface area contributed by atoms with Crippen LogP contribution < -0.4 is 19.6 Å². The fraction of sp³-hybridized carbons (Fsp3) is 0.222. The number of rotatable bonds is 9. The van der Waals surface area contributed by atoms with Crippen LogP contribution in [-0.4, -0.2) is 31.8 Å². The number of methoxy groups -OCH3 is 1. The molecule has 35 heavy (non-hydrogen) atoms. The third-order valence-corrected chi connectivity index (χ3v) is 5.54. The van der Waals surface area contributed by atoms with Crippen molar-refractivity contribution in [2.24, 2.45) is 5.10 Å². The standard InChI is InChI=1S/C27H27BrN2O5/c1-17(2)23-11-5-18(3)13-25(23)34-16-26(31)30-29-15-20-14-21(28)8-12-24(20)35-27(32)19-6-9-22(33-4)10-7-19/h5-15,17H,16H2,1-4H3,(H,30,31)/b29-15+. The molecule has 1 amide bonds. The highest BCUT2D eigenvalue weighted by Gasteiger charge is 2.13. The van der Waals surface area contributed by atoms with Crippen molar-refractivity contribution in [2.75, 3.05) is 13.7 Å². The van der Waals surface area contributed by atoms with E-state index in [1.54, 1.807) is 49.6 Å². The number of nitrogens with zero attached hydrogens (tertiary/aromatic N) is 1. The van der Waals surface area contributed by atoms with Gasteiger partial charge in [0.1, 0.15) is 17.2 Å². The zero-order chi connectivity index (χ0) is 25.4. The molecule has 0 spiro atoms. The molecule has 182 valence electrons. The molecular weight excluding hydrogens is 512 g/mol. The first-order valence-electron chi connectivity index (χ1n) is 11.0. The summed E-state index contributed by atoms with van der Waals surface area (Å²) in [6.07, 6.45) is 1.41. The van der Waals surface area contributed by atoms with Gasteiger partial charge in [-0.3, -0.25) is 4.79 Å². The van der Waals surface area contributed by atoms with Crippen molar-refractivity contribution >= 4 is 34.0 Å². The second-order valence-corrected chi connectivity index (χ2v) is 8.99. The van der Waals surface area contributed by atoms with E-state index in [4.69, 9.17) is 14.2 Å². The Hall–Kier alpha value is -3.65. The van der Waals surface area contributed by atoms with E-state index >= 15 is 0 Å². The van der Waals surface area contributed by atoms with Crippen LogP contribution >= 0.6 is 15.9 Å². The normalized spacial score (nSPS) is 10.9. The molecule has 0 bridgehead atoms. The van der Waals surface area contributed by atoms with Gasteiger partial charge in [-0.25, -0.2) is 10.2 Å². The summed E-state index contributed by atoms with van der Waals surface area (Å²) >= 11 is 3.40. The summed E-state index contributed by atoms with van der Waals surface area (Å²) in [6.45, 7) is 5.93. The minimum atomic E-state index is -0.527. The van der Waals surface area contributed by atoms with Crippen molar-refractivity contribution in [1.82, 2.24) is 5.43 Å². The van der Waals surface area contributed by atoms with E-state index in [-0.39, 0.29) is 12.5 Å². The molecule has 0 heterocycles. The molecule has 3 aromatic carbocycles. The van der Waals surface area contributed by atoms with Crippen LogP contribution in [0.2, 0.25) is 0 Å². The molecule has 8 heteroatoms. The number of esters is 1. The highest BCUT2D eigenvalue weighted by Crippen LogP contribution is 2.27. The van der Waals surface area contributed by atoms with E-state index in [9.17, 15) is 9.59 Å². The Balaban J connectivity index is 1.63. The van der Waals surface area contributed by atoms with Crippen LogP contribution in [0.25, 0.3) is 0 Å². The molecule has 0 fully saturated rings. The molecule has 0 unspecified atom stereocenters. The van der Waals surface area contributed by atoms with E-state index in [2.05, 4.69) is 40.3 Å². The third kappa shape index (κ3) is 7.42. The van der Waals surface area contributed by atoms with Crippen LogP contribution in [0.4, 0.5) is 0 Å². The number of hydrogen-bond donors (Lipinski definition) is 1. The van der Waals surface area contributed by atoms with Crippen LogP contribution in [0.1, 0.15) is 46.8 Å². The number of hydrazone groups is 1. The Kier molecular flexibility index (Phi) is 9.03. The van der Waals surface area contributed by atoms with E-state index in [1.165, 1.54) is 6.21 Å². The zero-order valence-corrected chi connectivity index (χ0v) is 21.6. The van der Waals surface area contributed by atoms with Crippen molar-refractivity contribution in [3.8, 4) is 17.2 Å². The average molecular weight is 539 g/mol. The number of carbonyl (C=O) groups is 2. The molecule has 0 aromatic heterocycles. The number of carbonyl (C=O) groups excluding carboxylic acids is 2. The van der Waals surface area contributed by atoms with E-state index < -0.39 is 11.9 Å². The molecular formula is C27H27BrN2O5. The van der Waals surface area contributed by atoms with Gasteiger partial charge >= 0.3 is 5.97 Å². The summed E-state index contributed by atoms with van der Waals surface area (Å²) in [5.41, 5.74) is 5.40. The highest BCUT2D eigenvalue weighted by atomic mass is 79.9. The predicted molar refractivity (Wildman–Crippen MR) is 139 cm³/mol. The number of hydrogen-bond acceptors (Lipinski definition) is 6. The molecule has 0 atom stereocenters. The Morgan fingerprint density at radius 3 is 2.46 bits per heavy atom. The van der Waals surface area contributed by atoms with E-state index in [0.29, 0.717) is 28.4 Å². The number of halogens is 1. The molecule has 1 N–H and O–H groups in total. The number of ether oxygens (including phenoxy) is 3. The van der Waals surface area contributed by atoms with Crippen LogP contribution in [0.15, 0.2) is 70.2 Å². The fourth-order valence-corrected chi connectivity index (χ4v) is 3.57. The van der Waals surface area contributed by atoms with Crippen molar-refractivity contribution in [3.05, 3.63) is 87.4 Å². The minimum Gasteiger partial charge on any atom is -0.497 e. The monoisotopic (exact) mass is 538 g/mol. The van der Waals surface area contributed by atoms with Crippen LogP contribution in [0.5, 0.6) is 17.2 Å². The van der Waals surface area contributed by atoms with Crippen molar-refractivity contribution < 1.29 is 23.8 Å². The van der Waals surface area contributed by atoms with Crippen LogP contribution in [0, 0.1) is 6.92 Å². The van der Waals surface area contributed by atoms with E-state index in [0.717, 1.165) is 15.6 Å². The molecule has 7 nitrogen and oxygen atoms in total. The number of nitrogens with one attached hydrogen (secondary N) is 1. The molecule has 3 rings (SSSR count). The highest BCUT2D eigenvalue weighted by molar-refractivity contribution is 9.10. The molecule has 0 saturated heterocycles. The van der Waals surface area contributed by atoms with Gasteiger partial charge in [0.15, 0.2) is 6.61 Å². The average Bonchev–Trinajstić information content (AvgIpc) is 2.84. The first-order valence-corrected chi connectivity index (χ1v) is 11.8. The lowest BCUT2D eigenvalue weighted by Gasteiger charge is -2.14. The zero-order valence-electron chi connectivity index (χ0n) is 20.0. The van der Waals surface area contributed by atoms with E-state index in [1.807, 2.05) is 25.1 Å². The van der Waals surface area contributed by atoms with Gasteiger partial charge in [0.05, 0.1) is 18.9 Å². The van der Waals surface area contributed by atoms with Gasteiger partial charge in [-0.2, -0.15) is 5.10 Å². The maximum atomic E-state index is 12.5. The Bertz CT molecular complexity index is 1220. The summed E-state index contributed by atoms with van der Waals surface area (Å²) in [4.78, 5) is 24.8.